The summed E-state index contributed by atoms with van der Waals surface area (Å²) in [6, 6.07) is 0. The van der Waals surface area contributed by atoms with Crippen LogP contribution in [-0.4, -0.2) is 22.9 Å². The summed E-state index contributed by atoms with van der Waals surface area (Å²) in [7, 11) is 0. The Morgan fingerprint density at radius 1 is 1.07 bits per heavy atom. The summed E-state index contributed by atoms with van der Waals surface area (Å²) in [5.41, 5.74) is 2.55. The first-order chi connectivity index (χ1) is 13.4. The van der Waals surface area contributed by atoms with E-state index in [0.29, 0.717) is 23.4 Å². The van der Waals surface area contributed by atoms with Crippen molar-refractivity contribution in [2.24, 2.45) is 40.4 Å². The van der Waals surface area contributed by atoms with E-state index in [1.54, 1.807) is 5.57 Å². The first-order valence-electron chi connectivity index (χ1n) is 12.4. The minimum Gasteiger partial charge on any atom is -0.396 e. The summed E-state index contributed by atoms with van der Waals surface area (Å²) in [6.07, 6.45) is 17.9. The van der Waals surface area contributed by atoms with E-state index in [1.807, 2.05) is 0 Å². The second-order valence-corrected chi connectivity index (χ2v) is 11.5. The Bertz CT molecular complexity index is 583. The molecule has 2 N–H and O–H groups in total. The number of hydrogen-bond acceptors (Lipinski definition) is 2. The molecule has 0 spiro atoms. The fourth-order valence-corrected chi connectivity index (χ4v) is 8.20. The first kappa shape index (κ1) is 20.9. The number of allylic oxidation sites excluding steroid dienone is 1. The zero-order valence-electron chi connectivity index (χ0n) is 18.6. The second kappa shape index (κ2) is 8.06. The summed E-state index contributed by atoms with van der Waals surface area (Å²) in [4.78, 5) is 0. The molecule has 4 aliphatic rings. The van der Waals surface area contributed by atoms with Gasteiger partial charge in [0.25, 0.3) is 0 Å². The molecule has 2 nitrogen and oxygen atoms in total. The van der Waals surface area contributed by atoms with Gasteiger partial charge in [-0.1, -0.05) is 45.3 Å². The number of aliphatic hydroxyl groups excluding tert-OH is 2. The van der Waals surface area contributed by atoms with E-state index in [9.17, 15) is 10.2 Å². The lowest BCUT2D eigenvalue weighted by atomic mass is 9.47. The molecule has 0 aromatic carbocycles. The van der Waals surface area contributed by atoms with Crippen molar-refractivity contribution in [2.75, 3.05) is 6.61 Å². The molecule has 4 aliphatic carbocycles. The molecule has 28 heavy (non-hydrogen) atoms. The van der Waals surface area contributed by atoms with Crippen LogP contribution in [0.3, 0.4) is 0 Å². The van der Waals surface area contributed by atoms with E-state index >= 15 is 0 Å². The SMILES string of the molecule is CC(CO)CCCC[C@H]1CCC2C3CC=C4C[C@@H](O)CC[C@]4(C)C3CC[C@@]21C. The highest BCUT2D eigenvalue weighted by Crippen LogP contribution is 2.66. The van der Waals surface area contributed by atoms with Crippen molar-refractivity contribution < 1.29 is 10.2 Å². The zero-order chi connectivity index (χ0) is 19.9. The molecule has 4 unspecified atom stereocenters. The highest BCUT2D eigenvalue weighted by atomic mass is 16.3. The van der Waals surface area contributed by atoms with Crippen molar-refractivity contribution in [1.82, 2.24) is 0 Å². The van der Waals surface area contributed by atoms with E-state index in [0.717, 1.165) is 36.5 Å². The van der Waals surface area contributed by atoms with Gasteiger partial charge in [0.1, 0.15) is 0 Å². The molecule has 0 radical (unpaired) electrons. The molecule has 0 bridgehead atoms. The van der Waals surface area contributed by atoms with Gasteiger partial charge in [0, 0.05) is 6.61 Å². The quantitative estimate of drug-likeness (QED) is 0.425. The Hall–Kier alpha value is -0.340. The highest BCUT2D eigenvalue weighted by molar-refractivity contribution is 5.25. The van der Waals surface area contributed by atoms with Crippen molar-refractivity contribution in [1.29, 1.82) is 0 Å². The lowest BCUT2D eigenvalue weighted by Crippen LogP contribution is -2.50. The molecule has 0 aromatic heterocycles. The Labute approximate surface area is 173 Å². The second-order valence-electron chi connectivity index (χ2n) is 11.5. The van der Waals surface area contributed by atoms with Crippen molar-refractivity contribution >= 4 is 0 Å². The summed E-state index contributed by atoms with van der Waals surface area (Å²) in [5.74, 6) is 4.08. The van der Waals surface area contributed by atoms with Crippen LogP contribution < -0.4 is 0 Å². The summed E-state index contributed by atoms with van der Waals surface area (Å²) < 4.78 is 0. The van der Waals surface area contributed by atoms with Crippen LogP contribution in [0.1, 0.15) is 97.8 Å². The lowest BCUT2D eigenvalue weighted by molar-refractivity contribution is -0.0509. The van der Waals surface area contributed by atoms with E-state index in [-0.39, 0.29) is 6.10 Å². The number of aliphatic hydroxyl groups is 2. The maximum Gasteiger partial charge on any atom is 0.0577 e. The summed E-state index contributed by atoms with van der Waals surface area (Å²) in [5, 5.41) is 19.4. The van der Waals surface area contributed by atoms with Crippen LogP contribution in [0.4, 0.5) is 0 Å². The topological polar surface area (TPSA) is 40.5 Å². The van der Waals surface area contributed by atoms with Gasteiger partial charge in [-0.05, 0) is 105 Å². The molecular formula is C26H44O2. The number of fused-ring (bicyclic) bond motifs is 5. The molecule has 2 heteroatoms. The standard InChI is InChI=1S/C26H44O2/c1-18(17-27)6-4-5-7-19-9-11-23-22-10-8-20-16-21(28)12-14-26(20,3)24(22)13-15-25(19,23)2/h8,18-19,21-24,27-28H,4-7,9-17H2,1-3H3/t18?,19-,21-,22?,23?,24?,25+,26-/m0/s1. The van der Waals surface area contributed by atoms with Crippen molar-refractivity contribution in [2.45, 2.75) is 104 Å². The Kier molecular flexibility index (Phi) is 6.02. The minimum absolute atomic E-state index is 0.0888. The maximum atomic E-state index is 10.2. The fourth-order valence-electron chi connectivity index (χ4n) is 8.20. The minimum atomic E-state index is -0.0888. The van der Waals surface area contributed by atoms with Gasteiger partial charge in [-0.15, -0.1) is 0 Å². The summed E-state index contributed by atoms with van der Waals surface area (Å²) in [6.45, 7) is 7.70. The van der Waals surface area contributed by atoms with Crippen molar-refractivity contribution in [3.63, 3.8) is 0 Å². The first-order valence-corrected chi connectivity index (χ1v) is 12.4. The van der Waals surface area contributed by atoms with Gasteiger partial charge in [-0.25, -0.2) is 0 Å². The van der Waals surface area contributed by atoms with Crippen LogP contribution in [0.25, 0.3) is 0 Å². The molecular weight excluding hydrogens is 344 g/mol. The Morgan fingerprint density at radius 3 is 2.68 bits per heavy atom. The maximum absolute atomic E-state index is 10.2. The highest BCUT2D eigenvalue weighted by Gasteiger charge is 2.58. The molecule has 8 atom stereocenters. The molecule has 0 amide bonds. The number of rotatable bonds is 6. The van der Waals surface area contributed by atoms with E-state index in [1.165, 1.54) is 64.2 Å². The summed E-state index contributed by atoms with van der Waals surface area (Å²) >= 11 is 0. The average Bonchev–Trinajstić information content (AvgIpc) is 3.02. The van der Waals surface area contributed by atoms with E-state index < -0.39 is 0 Å². The normalized spacial score (nSPS) is 46.3. The van der Waals surface area contributed by atoms with Gasteiger partial charge in [-0.2, -0.15) is 0 Å². The Balaban J connectivity index is 1.42. The number of unbranched alkanes of at least 4 members (excludes halogenated alkanes) is 1. The molecule has 0 saturated heterocycles. The van der Waals surface area contributed by atoms with Crippen molar-refractivity contribution in [3.05, 3.63) is 11.6 Å². The van der Waals surface area contributed by atoms with Crippen LogP contribution in [0.15, 0.2) is 11.6 Å². The van der Waals surface area contributed by atoms with Crippen LogP contribution in [0.2, 0.25) is 0 Å². The predicted molar refractivity (Wildman–Crippen MR) is 116 cm³/mol. The van der Waals surface area contributed by atoms with Gasteiger partial charge in [0.2, 0.25) is 0 Å². The zero-order valence-corrected chi connectivity index (χ0v) is 18.6. The fraction of sp³-hybridized carbons (Fsp3) is 0.923. The van der Waals surface area contributed by atoms with Gasteiger partial charge in [0.05, 0.1) is 6.10 Å². The third-order valence-corrected chi connectivity index (χ3v) is 10.1. The van der Waals surface area contributed by atoms with E-state index in [4.69, 9.17) is 0 Å². The largest absolute Gasteiger partial charge is 0.396 e. The van der Waals surface area contributed by atoms with Gasteiger partial charge in [0.15, 0.2) is 0 Å². The third-order valence-electron chi connectivity index (χ3n) is 10.1. The van der Waals surface area contributed by atoms with Crippen molar-refractivity contribution in [3.8, 4) is 0 Å². The van der Waals surface area contributed by atoms with Crippen LogP contribution in [0.5, 0.6) is 0 Å². The molecule has 0 heterocycles. The average molecular weight is 389 g/mol. The molecule has 3 saturated carbocycles. The molecule has 0 aliphatic heterocycles. The van der Waals surface area contributed by atoms with Gasteiger partial charge < -0.3 is 10.2 Å². The van der Waals surface area contributed by atoms with Crippen LogP contribution >= 0.6 is 0 Å². The smallest absolute Gasteiger partial charge is 0.0577 e. The monoisotopic (exact) mass is 388 g/mol. The van der Waals surface area contributed by atoms with E-state index in [2.05, 4.69) is 26.8 Å². The molecule has 3 fully saturated rings. The third kappa shape index (κ3) is 3.51. The molecule has 4 rings (SSSR count). The van der Waals surface area contributed by atoms with Gasteiger partial charge in [-0.3, -0.25) is 0 Å². The van der Waals surface area contributed by atoms with Crippen LogP contribution in [0, 0.1) is 40.4 Å². The lowest BCUT2D eigenvalue weighted by Gasteiger charge is -2.58. The molecule has 160 valence electrons. The molecule has 0 aromatic rings. The van der Waals surface area contributed by atoms with Gasteiger partial charge >= 0.3 is 0 Å². The number of hydrogen-bond donors (Lipinski definition) is 2. The predicted octanol–water partition coefficient (Wildman–Crippen LogP) is 6.12. The van der Waals surface area contributed by atoms with Crippen LogP contribution in [-0.2, 0) is 0 Å². The Morgan fingerprint density at radius 2 is 1.89 bits per heavy atom.